The van der Waals surface area contributed by atoms with Gasteiger partial charge in [0.15, 0.2) is 0 Å². The van der Waals surface area contributed by atoms with Crippen molar-refractivity contribution in [2.45, 2.75) is 33.1 Å². The minimum absolute atomic E-state index is 0.317. The highest BCUT2D eigenvalue weighted by Gasteiger charge is 1.99. The molecular weight excluding hydrogens is 262 g/mol. The number of aryl methyl sites for hydroxylation is 1. The molecule has 2 aromatic carbocycles. The molecule has 0 saturated carbocycles. The van der Waals surface area contributed by atoms with Crippen molar-refractivity contribution in [1.82, 2.24) is 5.32 Å². The number of rotatable bonds is 7. The molecule has 0 aliphatic rings. The van der Waals surface area contributed by atoms with E-state index >= 15 is 0 Å². The summed E-state index contributed by atoms with van der Waals surface area (Å²) in [6.07, 6.45) is -0.317. The summed E-state index contributed by atoms with van der Waals surface area (Å²) in [7, 11) is 0. The molecule has 0 aliphatic heterocycles. The molecule has 2 N–H and O–H groups in total. The van der Waals surface area contributed by atoms with Crippen molar-refractivity contribution >= 4 is 0 Å². The molecule has 1 atom stereocenters. The van der Waals surface area contributed by atoms with Crippen LogP contribution in [0.5, 0.6) is 5.75 Å². The maximum Gasteiger partial charge on any atom is 0.119 e. The van der Waals surface area contributed by atoms with Gasteiger partial charge in [0, 0.05) is 13.1 Å². The van der Waals surface area contributed by atoms with Crippen LogP contribution >= 0.6 is 0 Å². The van der Waals surface area contributed by atoms with E-state index in [0.717, 1.165) is 12.3 Å². The van der Waals surface area contributed by atoms with Crippen LogP contribution < -0.4 is 10.1 Å². The summed E-state index contributed by atoms with van der Waals surface area (Å²) in [4.78, 5) is 0. The summed E-state index contributed by atoms with van der Waals surface area (Å²) in [5.41, 5.74) is 3.61. The van der Waals surface area contributed by atoms with Gasteiger partial charge < -0.3 is 15.2 Å². The lowest BCUT2D eigenvalue weighted by Crippen LogP contribution is -2.23. The second kappa shape index (κ2) is 7.81. The predicted octanol–water partition coefficient (Wildman–Crippen LogP) is 3.04. The Hall–Kier alpha value is -1.84. The maximum absolute atomic E-state index is 9.19. The summed E-state index contributed by atoms with van der Waals surface area (Å²) < 4.78 is 5.77. The molecule has 112 valence electrons. The van der Waals surface area contributed by atoms with E-state index < -0.39 is 0 Å². The highest BCUT2D eigenvalue weighted by atomic mass is 16.5. The molecule has 2 rings (SSSR count). The maximum atomic E-state index is 9.19. The topological polar surface area (TPSA) is 41.5 Å². The SMILES string of the molecule is Cc1ccc(COc2ccc(CNC[C@H](C)O)cc2)cc1. The van der Waals surface area contributed by atoms with Crippen LogP contribution in [0.25, 0.3) is 0 Å². The molecule has 0 heterocycles. The lowest BCUT2D eigenvalue weighted by Gasteiger charge is -2.09. The van der Waals surface area contributed by atoms with Crippen molar-refractivity contribution < 1.29 is 9.84 Å². The van der Waals surface area contributed by atoms with E-state index in [1.165, 1.54) is 16.7 Å². The van der Waals surface area contributed by atoms with Crippen LogP contribution in [-0.4, -0.2) is 17.8 Å². The molecule has 0 unspecified atom stereocenters. The molecular formula is C18H23NO2. The van der Waals surface area contributed by atoms with Gasteiger partial charge in [0.25, 0.3) is 0 Å². The number of hydrogen-bond acceptors (Lipinski definition) is 3. The molecule has 0 saturated heterocycles. The minimum atomic E-state index is -0.317. The van der Waals surface area contributed by atoms with Crippen LogP contribution in [0.15, 0.2) is 48.5 Å². The van der Waals surface area contributed by atoms with E-state index in [9.17, 15) is 5.11 Å². The van der Waals surface area contributed by atoms with Gasteiger partial charge >= 0.3 is 0 Å². The molecule has 21 heavy (non-hydrogen) atoms. The van der Waals surface area contributed by atoms with Crippen LogP contribution in [0.3, 0.4) is 0 Å². The van der Waals surface area contributed by atoms with Crippen molar-refractivity contribution in [2.75, 3.05) is 6.54 Å². The Kier molecular flexibility index (Phi) is 5.78. The Balaban J connectivity index is 1.80. The summed E-state index contributed by atoms with van der Waals surface area (Å²) in [5, 5.41) is 12.4. The Morgan fingerprint density at radius 3 is 2.24 bits per heavy atom. The van der Waals surface area contributed by atoms with Crippen LogP contribution in [0.2, 0.25) is 0 Å². The average molecular weight is 285 g/mol. The quantitative estimate of drug-likeness (QED) is 0.821. The van der Waals surface area contributed by atoms with Crippen molar-refractivity contribution in [3.63, 3.8) is 0 Å². The first kappa shape index (κ1) is 15.5. The first-order valence-electron chi connectivity index (χ1n) is 7.29. The third kappa shape index (κ3) is 5.58. The van der Waals surface area contributed by atoms with Crippen LogP contribution in [0.4, 0.5) is 0 Å². The molecule has 3 nitrogen and oxygen atoms in total. The van der Waals surface area contributed by atoms with Gasteiger partial charge in [-0.1, -0.05) is 42.0 Å². The largest absolute Gasteiger partial charge is 0.489 e. The van der Waals surface area contributed by atoms with E-state index in [-0.39, 0.29) is 6.10 Å². The zero-order valence-electron chi connectivity index (χ0n) is 12.7. The van der Waals surface area contributed by atoms with Crippen LogP contribution in [0, 0.1) is 6.92 Å². The van der Waals surface area contributed by atoms with Crippen molar-refractivity contribution in [1.29, 1.82) is 0 Å². The van der Waals surface area contributed by atoms with Gasteiger partial charge in [-0.25, -0.2) is 0 Å². The highest BCUT2D eigenvalue weighted by Crippen LogP contribution is 2.14. The summed E-state index contributed by atoms with van der Waals surface area (Å²) in [5.74, 6) is 0.870. The second-order valence-electron chi connectivity index (χ2n) is 5.40. The average Bonchev–Trinajstić information content (AvgIpc) is 2.48. The van der Waals surface area contributed by atoms with E-state index in [2.05, 4.69) is 36.5 Å². The van der Waals surface area contributed by atoms with Crippen molar-refractivity contribution in [3.05, 3.63) is 65.2 Å². The van der Waals surface area contributed by atoms with E-state index in [0.29, 0.717) is 13.2 Å². The van der Waals surface area contributed by atoms with E-state index in [1.54, 1.807) is 6.92 Å². The van der Waals surface area contributed by atoms with Gasteiger partial charge in [-0.05, 0) is 37.1 Å². The molecule has 0 spiro atoms. The van der Waals surface area contributed by atoms with Gasteiger partial charge in [-0.3, -0.25) is 0 Å². The van der Waals surface area contributed by atoms with Crippen molar-refractivity contribution in [2.24, 2.45) is 0 Å². The number of ether oxygens (including phenoxy) is 1. The molecule has 0 aromatic heterocycles. The number of hydrogen-bond donors (Lipinski definition) is 2. The van der Waals surface area contributed by atoms with Gasteiger partial charge in [-0.2, -0.15) is 0 Å². The van der Waals surface area contributed by atoms with Crippen LogP contribution in [-0.2, 0) is 13.2 Å². The first-order chi connectivity index (χ1) is 10.1. The van der Waals surface area contributed by atoms with Crippen LogP contribution in [0.1, 0.15) is 23.6 Å². The van der Waals surface area contributed by atoms with Gasteiger partial charge in [0.1, 0.15) is 12.4 Å². The lowest BCUT2D eigenvalue weighted by atomic mass is 10.2. The second-order valence-corrected chi connectivity index (χ2v) is 5.40. The zero-order chi connectivity index (χ0) is 15.1. The fourth-order valence-corrected chi connectivity index (χ4v) is 1.98. The fourth-order valence-electron chi connectivity index (χ4n) is 1.98. The zero-order valence-corrected chi connectivity index (χ0v) is 12.7. The van der Waals surface area contributed by atoms with E-state index in [4.69, 9.17) is 4.74 Å². The van der Waals surface area contributed by atoms with Gasteiger partial charge in [0.2, 0.25) is 0 Å². The Morgan fingerprint density at radius 1 is 1.00 bits per heavy atom. The number of aliphatic hydroxyl groups excluding tert-OH is 1. The van der Waals surface area contributed by atoms with E-state index in [1.807, 2.05) is 24.3 Å². The summed E-state index contributed by atoms with van der Waals surface area (Å²) >= 11 is 0. The van der Waals surface area contributed by atoms with Gasteiger partial charge in [-0.15, -0.1) is 0 Å². The summed E-state index contributed by atoms with van der Waals surface area (Å²) in [6.45, 7) is 5.79. The Labute approximate surface area is 126 Å². The van der Waals surface area contributed by atoms with Gasteiger partial charge in [0.05, 0.1) is 6.10 Å². The fraction of sp³-hybridized carbons (Fsp3) is 0.333. The first-order valence-corrected chi connectivity index (χ1v) is 7.29. The third-order valence-electron chi connectivity index (χ3n) is 3.22. The molecule has 3 heteroatoms. The molecule has 0 fully saturated rings. The number of aliphatic hydroxyl groups is 1. The summed E-state index contributed by atoms with van der Waals surface area (Å²) in [6, 6.07) is 16.4. The highest BCUT2D eigenvalue weighted by molar-refractivity contribution is 5.28. The lowest BCUT2D eigenvalue weighted by molar-refractivity contribution is 0.191. The molecule has 0 radical (unpaired) electrons. The predicted molar refractivity (Wildman–Crippen MR) is 85.3 cm³/mol. The Bertz CT molecular complexity index is 532. The standard InChI is InChI=1S/C18H23NO2/c1-14-3-5-17(6-4-14)13-21-18-9-7-16(8-10-18)12-19-11-15(2)20/h3-10,15,19-20H,11-13H2,1-2H3/t15-/m0/s1. The monoisotopic (exact) mass is 285 g/mol. The third-order valence-corrected chi connectivity index (χ3v) is 3.22. The number of benzene rings is 2. The molecule has 0 aliphatic carbocycles. The number of nitrogens with one attached hydrogen (secondary N) is 1. The smallest absolute Gasteiger partial charge is 0.119 e. The minimum Gasteiger partial charge on any atom is -0.489 e. The van der Waals surface area contributed by atoms with Crippen molar-refractivity contribution in [3.8, 4) is 5.75 Å². The molecule has 2 aromatic rings. The Morgan fingerprint density at radius 2 is 1.62 bits per heavy atom. The molecule has 0 amide bonds. The normalized spacial score (nSPS) is 12.1. The molecule has 0 bridgehead atoms.